The van der Waals surface area contributed by atoms with Gasteiger partial charge >= 0.3 is 29.6 Å². The summed E-state index contributed by atoms with van der Waals surface area (Å²) in [7, 11) is -3.82. The molecule has 1 aromatic carbocycles. The Bertz CT molecular complexity index is 418. The topological polar surface area (TPSA) is 57.9 Å². The third kappa shape index (κ3) is 4.25. The van der Waals surface area contributed by atoms with Crippen LogP contribution in [0.2, 0.25) is 0 Å². The fourth-order valence-corrected chi connectivity index (χ4v) is 1.63. The van der Waals surface area contributed by atoms with Crippen LogP contribution in [-0.2, 0) is 15.4 Å². The van der Waals surface area contributed by atoms with E-state index in [1.165, 1.54) is 12.1 Å². The molecular formula is C10H14NNaO2S. The van der Waals surface area contributed by atoms with Crippen molar-refractivity contribution in [1.29, 1.82) is 0 Å². The molecule has 5 heteroatoms. The summed E-state index contributed by atoms with van der Waals surface area (Å²) in [6, 6.07) is 6.45. The molecule has 0 fully saturated rings. The summed E-state index contributed by atoms with van der Waals surface area (Å²) in [6.07, 6.45) is 0. The van der Waals surface area contributed by atoms with Crippen molar-refractivity contribution in [2.24, 2.45) is 0 Å². The van der Waals surface area contributed by atoms with Crippen molar-refractivity contribution in [3.8, 4) is 0 Å². The fourth-order valence-electron chi connectivity index (χ4n) is 1.13. The minimum absolute atomic E-state index is 0. The van der Waals surface area contributed by atoms with E-state index < -0.39 is 10.0 Å². The minimum Gasteiger partial charge on any atom is -0.560 e. The number of nitrogens with one attached hydrogen (secondary N) is 1. The van der Waals surface area contributed by atoms with Gasteiger partial charge in [0.05, 0.1) is 10.0 Å². The van der Waals surface area contributed by atoms with Gasteiger partial charge < -0.3 is 5.14 Å². The molecule has 1 rings (SSSR count). The van der Waals surface area contributed by atoms with Gasteiger partial charge in [-0.2, -0.15) is 0 Å². The Morgan fingerprint density at radius 3 is 1.73 bits per heavy atom. The smallest absolute Gasteiger partial charge is 0.560 e. The Labute approximate surface area is 113 Å². The Balaban J connectivity index is 0.00000196. The normalized spacial score (nSPS) is 12.0. The van der Waals surface area contributed by atoms with Crippen molar-refractivity contribution < 1.29 is 38.0 Å². The predicted octanol–water partition coefficient (Wildman–Crippen LogP) is -0.271. The predicted molar refractivity (Wildman–Crippen MR) is 56.6 cm³/mol. The summed E-state index contributed by atoms with van der Waals surface area (Å²) < 4.78 is 21.7. The average Bonchev–Trinajstić information content (AvgIpc) is 2.01. The van der Waals surface area contributed by atoms with Crippen LogP contribution >= 0.6 is 0 Å². The molecule has 0 unspecified atom stereocenters. The molecule has 1 N–H and O–H groups in total. The molecule has 0 radical (unpaired) electrons. The molecule has 0 aliphatic carbocycles. The van der Waals surface area contributed by atoms with Gasteiger partial charge in [-0.1, -0.05) is 32.9 Å². The standard InChI is InChI=1S/C10H14NO2S.Na/c1-10(2,3)8-4-6-9(7-5-8)14(11,12)13;/h4-7H,1-3H3,(H-,11,12,13);/q-1;+1. The van der Waals surface area contributed by atoms with Crippen molar-refractivity contribution in [3.63, 3.8) is 0 Å². The van der Waals surface area contributed by atoms with Gasteiger partial charge in [-0.3, -0.25) is 0 Å². The van der Waals surface area contributed by atoms with Crippen molar-refractivity contribution in [1.82, 2.24) is 0 Å². The molecule has 0 amide bonds. The third-order valence-corrected chi connectivity index (χ3v) is 2.92. The molecule has 0 saturated carbocycles. The van der Waals surface area contributed by atoms with E-state index in [0.29, 0.717) is 0 Å². The van der Waals surface area contributed by atoms with Crippen LogP contribution in [0.5, 0.6) is 0 Å². The maximum absolute atomic E-state index is 10.9. The molecule has 0 bridgehead atoms. The van der Waals surface area contributed by atoms with Gasteiger partial charge in [-0.15, -0.1) is 0 Å². The van der Waals surface area contributed by atoms with Crippen LogP contribution in [-0.4, -0.2) is 8.42 Å². The van der Waals surface area contributed by atoms with E-state index in [-0.39, 0.29) is 39.9 Å². The number of sulfonamides is 1. The van der Waals surface area contributed by atoms with Crippen LogP contribution in [0.1, 0.15) is 26.3 Å². The molecule has 0 heterocycles. The van der Waals surface area contributed by atoms with E-state index in [1.807, 2.05) is 0 Å². The summed E-state index contributed by atoms with van der Waals surface area (Å²) in [6.45, 7) is 6.16. The Morgan fingerprint density at radius 2 is 1.47 bits per heavy atom. The molecule has 3 nitrogen and oxygen atoms in total. The van der Waals surface area contributed by atoms with Gasteiger partial charge in [-0.25, -0.2) is 8.42 Å². The monoisotopic (exact) mass is 235 g/mol. The zero-order valence-corrected chi connectivity index (χ0v) is 12.4. The first-order valence-electron chi connectivity index (χ1n) is 4.31. The van der Waals surface area contributed by atoms with Crippen LogP contribution in [0.3, 0.4) is 0 Å². The van der Waals surface area contributed by atoms with E-state index >= 15 is 0 Å². The second-order valence-corrected chi connectivity index (χ2v) is 5.76. The molecule has 0 aliphatic heterocycles. The molecule has 1 aromatic rings. The van der Waals surface area contributed by atoms with Gasteiger partial charge in [0.2, 0.25) is 0 Å². The summed E-state index contributed by atoms with van der Waals surface area (Å²) >= 11 is 0. The van der Waals surface area contributed by atoms with Crippen molar-refractivity contribution in [3.05, 3.63) is 35.0 Å². The van der Waals surface area contributed by atoms with Crippen LogP contribution in [0.15, 0.2) is 29.2 Å². The zero-order valence-electron chi connectivity index (χ0n) is 9.53. The average molecular weight is 235 g/mol. The SMILES string of the molecule is CC(C)(C)c1ccc(S([NH-])(=O)=O)cc1.[Na+]. The van der Waals surface area contributed by atoms with Gasteiger partial charge in [0.25, 0.3) is 0 Å². The Hall–Kier alpha value is 0.130. The van der Waals surface area contributed by atoms with Gasteiger partial charge in [-0.05, 0) is 23.1 Å². The Kier molecular flexibility index (Phi) is 5.02. The van der Waals surface area contributed by atoms with Crippen molar-refractivity contribution in [2.75, 3.05) is 0 Å². The maximum Gasteiger partial charge on any atom is 1.00 e. The number of rotatable bonds is 1. The molecule has 0 aromatic heterocycles. The molecule has 15 heavy (non-hydrogen) atoms. The van der Waals surface area contributed by atoms with E-state index in [0.717, 1.165) is 5.56 Å². The second-order valence-electron chi connectivity index (χ2n) is 4.28. The van der Waals surface area contributed by atoms with Crippen molar-refractivity contribution in [2.45, 2.75) is 31.1 Å². The molecule has 0 aliphatic rings. The van der Waals surface area contributed by atoms with E-state index in [2.05, 4.69) is 20.8 Å². The number of hydrogen-bond acceptors (Lipinski definition) is 2. The molecule has 78 valence electrons. The fraction of sp³-hybridized carbons (Fsp3) is 0.400. The number of benzene rings is 1. The molecule has 0 spiro atoms. The first-order valence-corrected chi connectivity index (χ1v) is 5.80. The summed E-state index contributed by atoms with van der Waals surface area (Å²) in [5.74, 6) is 0. The quantitative estimate of drug-likeness (QED) is 0.629. The molecule has 0 saturated heterocycles. The number of hydrogen-bond donors (Lipinski definition) is 0. The zero-order chi connectivity index (χ0) is 11.0. The van der Waals surface area contributed by atoms with Crippen LogP contribution in [0.4, 0.5) is 0 Å². The van der Waals surface area contributed by atoms with Crippen LogP contribution < -0.4 is 29.6 Å². The molecular weight excluding hydrogens is 221 g/mol. The molecule has 0 atom stereocenters. The summed E-state index contributed by atoms with van der Waals surface area (Å²) in [5.41, 5.74) is 1.06. The van der Waals surface area contributed by atoms with Gasteiger partial charge in [0.1, 0.15) is 0 Å². The van der Waals surface area contributed by atoms with E-state index in [9.17, 15) is 8.42 Å². The largest absolute Gasteiger partial charge is 1.00 e. The van der Waals surface area contributed by atoms with E-state index in [4.69, 9.17) is 5.14 Å². The van der Waals surface area contributed by atoms with E-state index in [1.54, 1.807) is 12.1 Å². The Morgan fingerprint density at radius 1 is 1.07 bits per heavy atom. The summed E-state index contributed by atoms with van der Waals surface area (Å²) in [5, 5.41) is 6.87. The van der Waals surface area contributed by atoms with Crippen molar-refractivity contribution >= 4 is 10.0 Å². The van der Waals surface area contributed by atoms with Crippen LogP contribution in [0.25, 0.3) is 5.14 Å². The second kappa shape index (κ2) is 4.97. The van der Waals surface area contributed by atoms with Gasteiger partial charge in [0, 0.05) is 4.90 Å². The van der Waals surface area contributed by atoms with Gasteiger partial charge in [0.15, 0.2) is 0 Å². The first-order chi connectivity index (χ1) is 6.21. The summed E-state index contributed by atoms with van der Waals surface area (Å²) in [4.78, 5) is 0.0468. The maximum atomic E-state index is 10.9. The minimum atomic E-state index is -3.82. The first kappa shape index (κ1) is 15.1. The van der Waals surface area contributed by atoms with Crippen LogP contribution in [0, 0.1) is 0 Å². The third-order valence-electron chi connectivity index (χ3n) is 2.03.